The molecule has 1 aliphatic heterocycles. The quantitative estimate of drug-likeness (QED) is 0.837. The van der Waals surface area contributed by atoms with Gasteiger partial charge in [0, 0.05) is 38.3 Å². The van der Waals surface area contributed by atoms with Gasteiger partial charge < -0.3 is 10.2 Å². The Labute approximate surface area is 156 Å². The van der Waals surface area contributed by atoms with Gasteiger partial charge in [0.1, 0.15) is 0 Å². The number of hydrogen-bond acceptors (Lipinski definition) is 4. The Morgan fingerprint density at radius 1 is 0.731 bits per heavy atom. The first kappa shape index (κ1) is 19.1. The van der Waals surface area contributed by atoms with Crippen molar-refractivity contribution in [3.8, 4) is 0 Å². The van der Waals surface area contributed by atoms with Gasteiger partial charge in [0.05, 0.1) is 12.2 Å². The molecule has 0 amide bonds. The van der Waals surface area contributed by atoms with Crippen molar-refractivity contribution >= 4 is 0 Å². The predicted molar refractivity (Wildman–Crippen MR) is 105 cm³/mol. The van der Waals surface area contributed by atoms with Crippen LogP contribution in [0.4, 0.5) is 0 Å². The minimum atomic E-state index is -0.465. The first-order chi connectivity index (χ1) is 12.5. The van der Waals surface area contributed by atoms with Crippen LogP contribution in [0.2, 0.25) is 0 Å². The number of β-amino-alcohol motifs (C(OH)–C–C–N with tert-alkyl or cyclic N) is 2. The van der Waals surface area contributed by atoms with Crippen molar-refractivity contribution in [1.82, 2.24) is 9.80 Å². The lowest BCUT2D eigenvalue weighted by molar-refractivity contribution is -0.00752. The molecule has 26 heavy (non-hydrogen) atoms. The number of hydrogen-bond donors (Lipinski definition) is 2. The van der Waals surface area contributed by atoms with E-state index >= 15 is 0 Å². The smallest absolute Gasteiger partial charge is 0.0917 e. The van der Waals surface area contributed by atoms with Gasteiger partial charge in [-0.15, -0.1) is 0 Å². The van der Waals surface area contributed by atoms with Gasteiger partial charge in [-0.2, -0.15) is 0 Å². The second-order valence-corrected chi connectivity index (χ2v) is 7.46. The molecule has 1 fully saturated rings. The van der Waals surface area contributed by atoms with E-state index in [-0.39, 0.29) is 0 Å². The molecule has 1 saturated heterocycles. The fraction of sp³-hybridized carbons (Fsp3) is 0.455. The topological polar surface area (TPSA) is 46.9 Å². The van der Waals surface area contributed by atoms with Crippen LogP contribution in [0.3, 0.4) is 0 Å². The summed E-state index contributed by atoms with van der Waals surface area (Å²) in [5.74, 6) is 0. The zero-order chi connectivity index (χ0) is 18.5. The third kappa shape index (κ3) is 4.71. The van der Waals surface area contributed by atoms with Crippen LogP contribution in [0.15, 0.2) is 60.7 Å². The summed E-state index contributed by atoms with van der Waals surface area (Å²) in [6, 6.07) is 20.4. The molecule has 4 atom stereocenters. The Morgan fingerprint density at radius 2 is 1.08 bits per heavy atom. The summed E-state index contributed by atoms with van der Waals surface area (Å²) in [4.78, 5) is 4.71. The number of aliphatic hydroxyl groups is 2. The highest BCUT2D eigenvalue weighted by Crippen LogP contribution is 2.23. The Balaban J connectivity index is 1.57. The maximum absolute atomic E-state index is 10.5. The first-order valence-corrected chi connectivity index (χ1v) is 9.48. The minimum absolute atomic E-state index is 0.340. The molecule has 0 saturated carbocycles. The third-order valence-electron chi connectivity index (χ3n) is 5.43. The molecule has 0 radical (unpaired) electrons. The molecule has 3 rings (SSSR count). The normalized spacial score (nSPS) is 24.3. The highest BCUT2D eigenvalue weighted by atomic mass is 16.3. The average molecular weight is 354 g/mol. The highest BCUT2D eigenvalue weighted by Gasteiger charge is 2.31. The highest BCUT2D eigenvalue weighted by molar-refractivity contribution is 5.18. The van der Waals surface area contributed by atoms with Gasteiger partial charge in [0.2, 0.25) is 0 Å². The molecule has 0 aromatic heterocycles. The molecule has 2 aromatic rings. The maximum Gasteiger partial charge on any atom is 0.0917 e. The summed E-state index contributed by atoms with van der Waals surface area (Å²) in [7, 11) is 0. The summed E-state index contributed by atoms with van der Waals surface area (Å²) < 4.78 is 0. The number of nitrogens with zero attached hydrogens (tertiary/aromatic N) is 2. The van der Waals surface area contributed by atoms with E-state index < -0.39 is 12.2 Å². The van der Waals surface area contributed by atoms with Crippen molar-refractivity contribution in [2.75, 3.05) is 26.2 Å². The Kier molecular flexibility index (Phi) is 6.43. The van der Waals surface area contributed by atoms with E-state index in [0.29, 0.717) is 25.2 Å². The minimum Gasteiger partial charge on any atom is -0.387 e. The molecule has 4 nitrogen and oxygen atoms in total. The number of rotatable bonds is 6. The molecular formula is C22H30N2O2. The van der Waals surface area contributed by atoms with Crippen LogP contribution >= 0.6 is 0 Å². The second-order valence-electron chi connectivity index (χ2n) is 7.46. The van der Waals surface area contributed by atoms with E-state index in [1.165, 1.54) is 0 Å². The largest absolute Gasteiger partial charge is 0.387 e. The molecular weight excluding hydrogens is 324 g/mol. The Bertz CT molecular complexity index is 605. The lowest BCUT2D eigenvalue weighted by Gasteiger charge is -2.45. The molecule has 4 heteroatoms. The van der Waals surface area contributed by atoms with Crippen LogP contribution in [-0.2, 0) is 0 Å². The van der Waals surface area contributed by atoms with Crippen LogP contribution in [0.25, 0.3) is 0 Å². The predicted octanol–water partition coefficient (Wildman–Crippen LogP) is 2.85. The van der Waals surface area contributed by atoms with Crippen molar-refractivity contribution in [2.24, 2.45) is 0 Å². The number of benzene rings is 2. The molecule has 1 heterocycles. The van der Waals surface area contributed by atoms with Gasteiger partial charge >= 0.3 is 0 Å². The Morgan fingerprint density at radius 3 is 1.42 bits per heavy atom. The average Bonchev–Trinajstić information content (AvgIpc) is 2.67. The lowest BCUT2D eigenvalue weighted by Crippen LogP contribution is -2.57. The SMILES string of the molecule is C[C@@H]1CN(C[C@H](O)c2ccccc2)[C@H](C)CN1C[C@H](O)c1ccccc1. The van der Waals surface area contributed by atoms with Gasteiger partial charge in [-0.3, -0.25) is 9.80 Å². The Hall–Kier alpha value is -1.72. The zero-order valence-electron chi connectivity index (χ0n) is 15.7. The van der Waals surface area contributed by atoms with E-state index in [2.05, 4.69) is 23.6 Å². The molecule has 0 aliphatic carbocycles. The van der Waals surface area contributed by atoms with Crippen LogP contribution in [0, 0.1) is 0 Å². The lowest BCUT2D eigenvalue weighted by atomic mass is 10.0. The van der Waals surface area contributed by atoms with Crippen LogP contribution in [-0.4, -0.2) is 58.3 Å². The monoisotopic (exact) mass is 354 g/mol. The summed E-state index contributed by atoms with van der Waals surface area (Å²) >= 11 is 0. The maximum atomic E-state index is 10.5. The second kappa shape index (κ2) is 8.78. The van der Waals surface area contributed by atoms with Crippen LogP contribution in [0.1, 0.15) is 37.2 Å². The van der Waals surface area contributed by atoms with E-state index in [0.717, 1.165) is 24.2 Å². The summed E-state index contributed by atoms with van der Waals surface area (Å²) in [5, 5.41) is 21.1. The molecule has 140 valence electrons. The molecule has 0 spiro atoms. The number of piperazine rings is 1. The van der Waals surface area contributed by atoms with E-state index in [1.807, 2.05) is 60.7 Å². The fourth-order valence-electron chi connectivity index (χ4n) is 3.78. The van der Waals surface area contributed by atoms with E-state index in [9.17, 15) is 10.2 Å². The van der Waals surface area contributed by atoms with Crippen molar-refractivity contribution in [3.05, 3.63) is 71.8 Å². The van der Waals surface area contributed by atoms with Crippen LogP contribution in [0.5, 0.6) is 0 Å². The van der Waals surface area contributed by atoms with Crippen molar-refractivity contribution < 1.29 is 10.2 Å². The van der Waals surface area contributed by atoms with Gasteiger partial charge in [-0.25, -0.2) is 0 Å². The summed E-state index contributed by atoms with van der Waals surface area (Å²) in [6.45, 7) is 7.48. The van der Waals surface area contributed by atoms with Crippen molar-refractivity contribution in [2.45, 2.75) is 38.1 Å². The van der Waals surface area contributed by atoms with Gasteiger partial charge in [-0.05, 0) is 25.0 Å². The fourth-order valence-corrected chi connectivity index (χ4v) is 3.78. The third-order valence-corrected chi connectivity index (χ3v) is 5.43. The molecule has 0 bridgehead atoms. The van der Waals surface area contributed by atoms with Gasteiger partial charge in [-0.1, -0.05) is 60.7 Å². The molecule has 2 aromatic carbocycles. The molecule has 2 N–H and O–H groups in total. The number of aliphatic hydroxyl groups excluding tert-OH is 2. The van der Waals surface area contributed by atoms with Crippen molar-refractivity contribution in [3.63, 3.8) is 0 Å². The summed E-state index contributed by atoms with van der Waals surface area (Å²) in [6.07, 6.45) is -0.931. The van der Waals surface area contributed by atoms with E-state index in [1.54, 1.807) is 0 Å². The van der Waals surface area contributed by atoms with Gasteiger partial charge in [0.15, 0.2) is 0 Å². The first-order valence-electron chi connectivity index (χ1n) is 9.48. The van der Waals surface area contributed by atoms with E-state index in [4.69, 9.17) is 0 Å². The standard InChI is InChI=1S/C22H30N2O2/c1-17-13-24(16-22(26)20-11-7-4-8-12-20)18(2)14-23(17)15-21(25)19-9-5-3-6-10-19/h3-12,17-18,21-22,25-26H,13-16H2,1-2H3/t17-,18-,21+,22+/m1/s1. The molecule has 0 unspecified atom stereocenters. The zero-order valence-corrected chi connectivity index (χ0v) is 15.7. The van der Waals surface area contributed by atoms with Crippen LogP contribution < -0.4 is 0 Å². The molecule has 1 aliphatic rings. The van der Waals surface area contributed by atoms with Crippen molar-refractivity contribution in [1.29, 1.82) is 0 Å². The van der Waals surface area contributed by atoms with Gasteiger partial charge in [0.25, 0.3) is 0 Å². The summed E-state index contributed by atoms with van der Waals surface area (Å²) in [5.41, 5.74) is 1.93.